The number of nitrogens with zero attached hydrogens (tertiary/aromatic N) is 1. The van der Waals surface area contributed by atoms with Crippen molar-refractivity contribution in [1.82, 2.24) is 0 Å². The van der Waals surface area contributed by atoms with Gasteiger partial charge in [0.1, 0.15) is 5.69 Å². The number of rotatable bonds is 4. The summed E-state index contributed by atoms with van der Waals surface area (Å²) in [5.41, 5.74) is -0.408. The van der Waals surface area contributed by atoms with Crippen LogP contribution in [0.2, 0.25) is 0 Å². The second-order valence-electron chi connectivity index (χ2n) is 3.58. The van der Waals surface area contributed by atoms with Crippen molar-refractivity contribution in [3.8, 4) is 0 Å². The van der Waals surface area contributed by atoms with E-state index >= 15 is 0 Å². The first kappa shape index (κ1) is 15.4. The van der Waals surface area contributed by atoms with Gasteiger partial charge >= 0.3 is 0 Å². The largest absolute Gasteiger partial charge is 0.294 e. The zero-order valence-electron chi connectivity index (χ0n) is 9.54. The predicted molar refractivity (Wildman–Crippen MR) is 83.6 cm³/mol. The summed E-state index contributed by atoms with van der Waals surface area (Å²) in [4.78, 5) is 10.3. The number of nitrogens with one attached hydrogen (secondary N) is 1. The molecule has 106 valence electrons. The lowest BCUT2D eigenvalue weighted by atomic mass is 10.3. The molecule has 0 aliphatic rings. The average molecular weight is 442 g/mol. The molecule has 1 N–H and O–H groups in total. The van der Waals surface area contributed by atoms with Crippen LogP contribution in [0.15, 0.2) is 42.8 Å². The van der Waals surface area contributed by atoms with Crippen molar-refractivity contribution in [3.05, 3.63) is 48.7 Å². The molecule has 0 saturated heterocycles. The van der Waals surface area contributed by atoms with E-state index in [4.69, 9.17) is 0 Å². The summed E-state index contributed by atoms with van der Waals surface area (Å²) >= 11 is 7.25. The molecule has 0 spiro atoms. The number of halogens is 2. The first-order valence-corrected chi connectivity index (χ1v) is 8.96. The Morgan fingerprint density at radius 1 is 1.25 bits per heavy atom. The quantitative estimate of drug-likeness (QED) is 0.573. The fraction of sp³-hybridized carbons (Fsp3) is 0. The molecule has 1 aromatic carbocycles. The fourth-order valence-corrected chi connectivity index (χ4v) is 5.17. The topological polar surface area (TPSA) is 89.3 Å². The third-order valence-corrected chi connectivity index (χ3v) is 6.76. The highest BCUT2D eigenvalue weighted by Gasteiger charge is 2.23. The van der Waals surface area contributed by atoms with Crippen LogP contribution in [0.3, 0.4) is 0 Å². The third kappa shape index (κ3) is 3.19. The molecule has 2 aromatic rings. The van der Waals surface area contributed by atoms with E-state index in [1.807, 2.05) is 0 Å². The molecule has 0 amide bonds. The Kier molecular flexibility index (Phi) is 4.47. The molecule has 1 heterocycles. The predicted octanol–water partition coefficient (Wildman–Crippen LogP) is 3.98. The Balaban J connectivity index is 2.45. The lowest BCUT2D eigenvalue weighted by molar-refractivity contribution is -0.384. The molecule has 0 bridgehead atoms. The molecular formula is C10H6Br2N2O4S2. The van der Waals surface area contributed by atoms with Gasteiger partial charge in [0.15, 0.2) is 4.21 Å². The Labute approximate surface area is 135 Å². The van der Waals surface area contributed by atoms with Crippen LogP contribution in [0, 0.1) is 10.1 Å². The second kappa shape index (κ2) is 5.80. The molecular weight excluding hydrogens is 436 g/mol. The van der Waals surface area contributed by atoms with Crippen LogP contribution < -0.4 is 4.72 Å². The first-order chi connectivity index (χ1) is 9.31. The van der Waals surface area contributed by atoms with Gasteiger partial charge in [0.05, 0.1) is 4.92 Å². The molecule has 0 radical (unpaired) electrons. The summed E-state index contributed by atoms with van der Waals surface area (Å²) in [5, 5.41) is 12.6. The smallest absolute Gasteiger partial charge is 0.272 e. The highest BCUT2D eigenvalue weighted by molar-refractivity contribution is 9.10. The molecule has 10 heteroatoms. The zero-order valence-corrected chi connectivity index (χ0v) is 14.3. The monoisotopic (exact) mass is 440 g/mol. The second-order valence-corrected chi connectivity index (χ2v) is 8.14. The molecule has 0 atom stereocenters. The van der Waals surface area contributed by atoms with Gasteiger partial charge in [-0.25, -0.2) is 8.42 Å². The molecule has 2 rings (SSSR count). The van der Waals surface area contributed by atoms with Gasteiger partial charge in [-0.1, -0.05) is 15.9 Å². The van der Waals surface area contributed by atoms with E-state index in [0.29, 0.717) is 8.95 Å². The van der Waals surface area contributed by atoms with E-state index < -0.39 is 14.9 Å². The maximum atomic E-state index is 12.2. The van der Waals surface area contributed by atoms with Gasteiger partial charge in [0, 0.05) is 15.0 Å². The Bertz CT molecular complexity index is 773. The van der Waals surface area contributed by atoms with Crippen molar-refractivity contribution in [2.45, 2.75) is 4.21 Å². The molecule has 0 saturated carbocycles. The van der Waals surface area contributed by atoms with Crippen molar-refractivity contribution in [2.24, 2.45) is 0 Å². The summed E-state index contributed by atoms with van der Waals surface area (Å²) in [6.07, 6.45) is 0. The van der Waals surface area contributed by atoms with E-state index in [1.165, 1.54) is 18.2 Å². The summed E-state index contributed by atoms with van der Waals surface area (Å²) in [6.45, 7) is 0. The maximum absolute atomic E-state index is 12.2. The third-order valence-electron chi connectivity index (χ3n) is 2.23. The van der Waals surface area contributed by atoms with Crippen molar-refractivity contribution in [3.63, 3.8) is 0 Å². The van der Waals surface area contributed by atoms with Gasteiger partial charge in [-0.3, -0.25) is 14.8 Å². The summed E-state index contributed by atoms with van der Waals surface area (Å²) in [5.74, 6) is 0. The van der Waals surface area contributed by atoms with E-state index in [0.717, 1.165) is 11.3 Å². The lowest BCUT2D eigenvalue weighted by Gasteiger charge is -2.07. The molecule has 20 heavy (non-hydrogen) atoms. The van der Waals surface area contributed by atoms with Crippen molar-refractivity contribution < 1.29 is 13.3 Å². The van der Waals surface area contributed by atoms with Crippen LogP contribution in [-0.4, -0.2) is 13.3 Å². The van der Waals surface area contributed by atoms with Gasteiger partial charge in [-0.05, 0) is 39.5 Å². The normalized spacial score (nSPS) is 11.3. The molecule has 0 aliphatic carbocycles. The van der Waals surface area contributed by atoms with Crippen molar-refractivity contribution in [2.75, 3.05) is 4.72 Å². The minimum atomic E-state index is -3.87. The molecule has 0 aliphatic heterocycles. The van der Waals surface area contributed by atoms with Crippen LogP contribution in [0.1, 0.15) is 0 Å². The summed E-state index contributed by atoms with van der Waals surface area (Å²) < 4.78 is 27.6. The number of anilines is 1. The highest BCUT2D eigenvalue weighted by atomic mass is 79.9. The van der Waals surface area contributed by atoms with Crippen molar-refractivity contribution >= 4 is 64.6 Å². The van der Waals surface area contributed by atoms with E-state index in [-0.39, 0.29) is 15.6 Å². The fourth-order valence-electron chi connectivity index (χ4n) is 1.40. The van der Waals surface area contributed by atoms with E-state index in [2.05, 4.69) is 36.6 Å². The van der Waals surface area contributed by atoms with Gasteiger partial charge in [0.2, 0.25) is 0 Å². The SMILES string of the molecule is O=[N+]([O-])c1cc(Br)ccc1NS(=O)(=O)c1sccc1Br. The molecule has 6 nitrogen and oxygen atoms in total. The Morgan fingerprint density at radius 2 is 1.95 bits per heavy atom. The van der Waals surface area contributed by atoms with E-state index in [9.17, 15) is 18.5 Å². The van der Waals surface area contributed by atoms with Gasteiger partial charge in [-0.2, -0.15) is 0 Å². The first-order valence-electron chi connectivity index (χ1n) is 5.01. The lowest BCUT2D eigenvalue weighted by Crippen LogP contribution is -2.13. The number of nitro benzene ring substituents is 1. The highest BCUT2D eigenvalue weighted by Crippen LogP contribution is 2.33. The van der Waals surface area contributed by atoms with Crippen LogP contribution in [0.4, 0.5) is 11.4 Å². The van der Waals surface area contributed by atoms with Gasteiger partial charge in [0.25, 0.3) is 15.7 Å². The summed E-state index contributed by atoms with van der Waals surface area (Å²) in [6, 6.07) is 5.69. The Morgan fingerprint density at radius 3 is 2.50 bits per heavy atom. The zero-order chi connectivity index (χ0) is 14.9. The number of thiophene rings is 1. The van der Waals surface area contributed by atoms with E-state index in [1.54, 1.807) is 11.4 Å². The minimum absolute atomic E-state index is 0.0646. The van der Waals surface area contributed by atoms with Crippen LogP contribution in [-0.2, 0) is 10.0 Å². The number of sulfonamides is 1. The molecule has 0 fully saturated rings. The van der Waals surface area contributed by atoms with Gasteiger partial charge < -0.3 is 0 Å². The molecule has 0 unspecified atom stereocenters. The minimum Gasteiger partial charge on any atom is -0.272 e. The van der Waals surface area contributed by atoms with Crippen LogP contribution >= 0.6 is 43.2 Å². The molecule has 1 aromatic heterocycles. The Hall–Kier alpha value is -0.970. The summed E-state index contributed by atoms with van der Waals surface area (Å²) in [7, 11) is -3.87. The average Bonchev–Trinajstić information content (AvgIpc) is 2.78. The number of nitro groups is 1. The van der Waals surface area contributed by atoms with Crippen LogP contribution in [0.25, 0.3) is 0 Å². The standard InChI is InChI=1S/C10H6Br2N2O4S2/c11-6-1-2-8(9(5-6)14(15)16)13-20(17,18)10-7(12)3-4-19-10/h1-5,13H. The number of benzene rings is 1. The maximum Gasteiger partial charge on any atom is 0.294 e. The van der Waals surface area contributed by atoms with Crippen LogP contribution in [0.5, 0.6) is 0 Å². The van der Waals surface area contributed by atoms with Crippen molar-refractivity contribution in [1.29, 1.82) is 0 Å². The number of hydrogen-bond donors (Lipinski definition) is 1. The number of hydrogen-bond acceptors (Lipinski definition) is 5. The van der Waals surface area contributed by atoms with Gasteiger partial charge in [-0.15, -0.1) is 11.3 Å².